The molecule has 1 aliphatic rings. The summed E-state index contributed by atoms with van der Waals surface area (Å²) in [7, 11) is 3.78. The number of ether oxygens (including phenoxy) is 1. The number of nitro benzene ring substituents is 1. The van der Waals surface area contributed by atoms with Crippen LogP contribution in [0.4, 0.5) is 10.1 Å². The van der Waals surface area contributed by atoms with Crippen LogP contribution in [0.1, 0.15) is 23.2 Å². The van der Waals surface area contributed by atoms with Crippen molar-refractivity contribution in [2.45, 2.75) is 18.9 Å². The van der Waals surface area contributed by atoms with Crippen molar-refractivity contribution in [3.63, 3.8) is 0 Å². The van der Waals surface area contributed by atoms with Crippen molar-refractivity contribution < 1.29 is 18.8 Å². The minimum absolute atomic E-state index is 0.0442. The lowest BCUT2D eigenvalue weighted by Crippen LogP contribution is -2.41. The molecule has 0 radical (unpaired) electrons. The van der Waals surface area contributed by atoms with Crippen LogP contribution >= 0.6 is 0 Å². The van der Waals surface area contributed by atoms with Gasteiger partial charge in [0.25, 0.3) is 11.6 Å². The second-order valence-corrected chi connectivity index (χ2v) is 6.11. The van der Waals surface area contributed by atoms with E-state index in [1.54, 1.807) is 4.90 Å². The topological polar surface area (TPSA) is 75.9 Å². The van der Waals surface area contributed by atoms with Gasteiger partial charge in [0.2, 0.25) is 0 Å². The van der Waals surface area contributed by atoms with Gasteiger partial charge >= 0.3 is 0 Å². The molecule has 1 fully saturated rings. The maximum Gasteiger partial charge on any atom is 0.272 e. The van der Waals surface area contributed by atoms with Crippen LogP contribution in [-0.2, 0) is 4.74 Å². The number of halogens is 1. The summed E-state index contributed by atoms with van der Waals surface area (Å²) in [4.78, 5) is 26.2. The van der Waals surface area contributed by atoms with Gasteiger partial charge in [0.1, 0.15) is 5.82 Å². The van der Waals surface area contributed by atoms with Gasteiger partial charge in [-0.25, -0.2) is 4.39 Å². The van der Waals surface area contributed by atoms with E-state index in [1.807, 2.05) is 19.0 Å². The lowest BCUT2D eigenvalue weighted by Gasteiger charge is -2.27. The van der Waals surface area contributed by atoms with Gasteiger partial charge in [-0.15, -0.1) is 0 Å². The van der Waals surface area contributed by atoms with Crippen LogP contribution in [0.5, 0.6) is 0 Å². The molecule has 0 N–H and O–H groups in total. The number of rotatable bonds is 7. The lowest BCUT2D eigenvalue weighted by molar-refractivity contribution is -0.385. The van der Waals surface area contributed by atoms with Gasteiger partial charge in [-0.2, -0.15) is 0 Å². The van der Waals surface area contributed by atoms with Gasteiger partial charge in [0.05, 0.1) is 22.7 Å². The molecule has 1 amide bonds. The molecular formula is C16H22FN3O4. The zero-order chi connectivity index (χ0) is 17.7. The molecule has 1 aromatic carbocycles. The molecule has 8 heteroatoms. The molecule has 24 heavy (non-hydrogen) atoms. The first-order valence-electron chi connectivity index (χ1n) is 7.88. The Kier molecular flexibility index (Phi) is 6.22. The van der Waals surface area contributed by atoms with Crippen LogP contribution in [-0.4, -0.2) is 67.1 Å². The third-order valence-corrected chi connectivity index (χ3v) is 3.95. The molecule has 1 atom stereocenters. The zero-order valence-corrected chi connectivity index (χ0v) is 13.9. The minimum Gasteiger partial charge on any atom is -0.376 e. The van der Waals surface area contributed by atoms with Crippen molar-refractivity contribution in [1.82, 2.24) is 9.80 Å². The number of nitrogens with zero attached hydrogens (tertiary/aromatic N) is 3. The van der Waals surface area contributed by atoms with Crippen molar-refractivity contribution >= 4 is 11.6 Å². The van der Waals surface area contributed by atoms with Crippen molar-refractivity contribution in [1.29, 1.82) is 0 Å². The molecule has 132 valence electrons. The van der Waals surface area contributed by atoms with Crippen molar-refractivity contribution in [3.05, 3.63) is 39.7 Å². The number of non-ortho nitro benzene ring substituents is 1. The summed E-state index contributed by atoms with van der Waals surface area (Å²) in [6.45, 7) is 2.13. The number of likely N-dealkylation sites (N-methyl/N-ethyl adjacent to an activating group) is 1. The normalized spacial score (nSPS) is 17.2. The molecule has 1 aliphatic heterocycles. The Morgan fingerprint density at radius 1 is 1.42 bits per heavy atom. The first-order chi connectivity index (χ1) is 11.4. The summed E-state index contributed by atoms with van der Waals surface area (Å²) in [5, 5.41) is 10.7. The van der Waals surface area contributed by atoms with E-state index < -0.39 is 16.6 Å². The highest BCUT2D eigenvalue weighted by molar-refractivity contribution is 5.94. The van der Waals surface area contributed by atoms with E-state index in [2.05, 4.69) is 0 Å². The van der Waals surface area contributed by atoms with E-state index in [4.69, 9.17) is 4.74 Å². The summed E-state index contributed by atoms with van der Waals surface area (Å²) >= 11 is 0. The molecule has 1 aromatic rings. The SMILES string of the molecule is CN(C)CCN(C[C@H]1CCCO1)C(=O)c1ccc([N+](=O)[O-])cc1F. The Bertz CT molecular complexity index is 603. The molecule has 0 unspecified atom stereocenters. The summed E-state index contributed by atoms with van der Waals surface area (Å²) in [6, 6.07) is 3.10. The Morgan fingerprint density at radius 3 is 2.71 bits per heavy atom. The van der Waals surface area contributed by atoms with E-state index in [9.17, 15) is 19.3 Å². The molecular weight excluding hydrogens is 317 g/mol. The highest BCUT2D eigenvalue weighted by atomic mass is 19.1. The predicted octanol–water partition coefficient (Wildman–Crippen LogP) is 1.92. The summed E-state index contributed by atoms with van der Waals surface area (Å²) in [5.74, 6) is -1.35. The Labute approximate surface area is 140 Å². The van der Waals surface area contributed by atoms with Crippen molar-refractivity contribution in [2.75, 3.05) is 40.3 Å². The first-order valence-corrected chi connectivity index (χ1v) is 7.88. The predicted molar refractivity (Wildman–Crippen MR) is 86.5 cm³/mol. The summed E-state index contributed by atoms with van der Waals surface area (Å²) in [6.07, 6.45) is 1.78. The van der Waals surface area contributed by atoms with Crippen molar-refractivity contribution in [2.24, 2.45) is 0 Å². The maximum absolute atomic E-state index is 14.1. The molecule has 0 bridgehead atoms. The van der Waals surface area contributed by atoms with Gasteiger partial charge in [-0.05, 0) is 33.0 Å². The van der Waals surface area contributed by atoms with E-state index in [0.29, 0.717) is 26.2 Å². The van der Waals surface area contributed by atoms with Gasteiger partial charge in [0, 0.05) is 32.3 Å². The average molecular weight is 339 g/mol. The standard InChI is InChI=1S/C16H22FN3O4/c1-18(2)7-8-19(11-13-4-3-9-24-13)16(21)14-6-5-12(20(22)23)10-15(14)17/h5-6,10,13H,3-4,7-9,11H2,1-2H3/t13-/m1/s1. The minimum atomic E-state index is -0.878. The van der Waals surface area contributed by atoms with E-state index >= 15 is 0 Å². The fourth-order valence-corrected chi connectivity index (χ4v) is 2.59. The van der Waals surface area contributed by atoms with Crippen molar-refractivity contribution in [3.8, 4) is 0 Å². The van der Waals surface area contributed by atoms with Crippen LogP contribution in [0.25, 0.3) is 0 Å². The van der Waals surface area contributed by atoms with E-state index in [1.165, 1.54) is 6.07 Å². The molecule has 2 rings (SSSR count). The number of nitro groups is 1. The van der Waals surface area contributed by atoms with Crippen LogP contribution in [0.15, 0.2) is 18.2 Å². The molecule has 7 nitrogen and oxygen atoms in total. The Morgan fingerprint density at radius 2 is 2.17 bits per heavy atom. The third kappa shape index (κ3) is 4.72. The molecule has 0 aromatic heterocycles. The monoisotopic (exact) mass is 339 g/mol. The van der Waals surface area contributed by atoms with Crippen LogP contribution in [0.3, 0.4) is 0 Å². The van der Waals surface area contributed by atoms with Crippen LogP contribution in [0.2, 0.25) is 0 Å². The average Bonchev–Trinajstić information content (AvgIpc) is 3.03. The van der Waals surface area contributed by atoms with Gasteiger partial charge in [-0.3, -0.25) is 14.9 Å². The van der Waals surface area contributed by atoms with Crippen LogP contribution in [0, 0.1) is 15.9 Å². The molecule has 0 saturated carbocycles. The second kappa shape index (κ2) is 8.16. The summed E-state index contributed by atoms with van der Waals surface area (Å²) < 4.78 is 19.7. The molecule has 0 aliphatic carbocycles. The molecule has 0 spiro atoms. The number of amides is 1. The number of benzene rings is 1. The lowest BCUT2D eigenvalue weighted by atomic mass is 10.1. The fourth-order valence-electron chi connectivity index (χ4n) is 2.59. The largest absolute Gasteiger partial charge is 0.376 e. The summed E-state index contributed by atoms with van der Waals surface area (Å²) in [5.41, 5.74) is -0.527. The van der Waals surface area contributed by atoms with E-state index in [-0.39, 0.29) is 17.4 Å². The first kappa shape index (κ1) is 18.3. The molecule has 1 heterocycles. The second-order valence-electron chi connectivity index (χ2n) is 6.11. The number of carbonyl (C=O) groups excluding carboxylic acids is 1. The smallest absolute Gasteiger partial charge is 0.272 e. The molecule has 1 saturated heterocycles. The number of hydrogen-bond donors (Lipinski definition) is 0. The fraction of sp³-hybridized carbons (Fsp3) is 0.562. The number of hydrogen-bond acceptors (Lipinski definition) is 5. The van der Waals surface area contributed by atoms with Crippen LogP contribution < -0.4 is 0 Å². The van der Waals surface area contributed by atoms with Gasteiger partial charge in [0.15, 0.2) is 0 Å². The third-order valence-electron chi connectivity index (χ3n) is 3.95. The highest BCUT2D eigenvalue weighted by Crippen LogP contribution is 2.20. The Balaban J connectivity index is 2.17. The van der Waals surface area contributed by atoms with Gasteiger partial charge < -0.3 is 14.5 Å². The van der Waals surface area contributed by atoms with E-state index in [0.717, 1.165) is 25.0 Å². The maximum atomic E-state index is 14.1. The quantitative estimate of drug-likeness (QED) is 0.560. The van der Waals surface area contributed by atoms with Gasteiger partial charge in [-0.1, -0.05) is 0 Å². The zero-order valence-electron chi connectivity index (χ0n) is 13.9. The highest BCUT2D eigenvalue weighted by Gasteiger charge is 2.26. The number of carbonyl (C=O) groups is 1. The Hall–Kier alpha value is -2.06.